The summed E-state index contributed by atoms with van der Waals surface area (Å²) in [5, 5.41) is 4.24. The molecule has 0 spiro atoms. The van der Waals surface area contributed by atoms with Gasteiger partial charge >= 0.3 is 5.56 Å². The highest BCUT2D eigenvalue weighted by molar-refractivity contribution is 7.96. The molecule has 7 nitrogen and oxygen atoms in total. The predicted molar refractivity (Wildman–Crippen MR) is 146 cm³/mol. The highest BCUT2D eigenvalue weighted by Gasteiger charge is 2.24. The first kappa shape index (κ1) is 25.7. The molecule has 0 bridgehead atoms. The first-order chi connectivity index (χ1) is 18.5. The monoisotopic (exact) mass is 535 g/mol. The molecule has 1 fully saturated rings. The van der Waals surface area contributed by atoms with Crippen molar-refractivity contribution in [1.82, 2.24) is 14.1 Å². The molecular weight excluding hydrogens is 508 g/mol. The zero-order chi connectivity index (χ0) is 26.5. The quantitative estimate of drug-likeness (QED) is 0.260. The van der Waals surface area contributed by atoms with E-state index in [1.54, 1.807) is 11.9 Å². The summed E-state index contributed by atoms with van der Waals surface area (Å²) in [5.74, 6) is -0.654. The summed E-state index contributed by atoms with van der Waals surface area (Å²) >= 11 is 1.75. The first-order valence-corrected chi connectivity index (χ1v) is 13.1. The van der Waals surface area contributed by atoms with Gasteiger partial charge < -0.3 is 15.4 Å². The molecule has 1 aliphatic heterocycles. The molecule has 0 atom stereocenters. The third-order valence-electron chi connectivity index (χ3n) is 6.21. The van der Waals surface area contributed by atoms with E-state index in [0.717, 1.165) is 53.0 Å². The van der Waals surface area contributed by atoms with Crippen LogP contribution >= 0.6 is 11.9 Å². The Morgan fingerprint density at radius 3 is 2.26 bits per heavy atom. The van der Waals surface area contributed by atoms with Crippen LogP contribution in [0.5, 0.6) is 5.75 Å². The van der Waals surface area contributed by atoms with Crippen LogP contribution in [0.2, 0.25) is 0 Å². The summed E-state index contributed by atoms with van der Waals surface area (Å²) in [5.41, 5.74) is 8.58. The van der Waals surface area contributed by atoms with Crippen molar-refractivity contribution in [3.8, 4) is 11.4 Å². The van der Waals surface area contributed by atoms with Crippen LogP contribution in [-0.4, -0.2) is 40.3 Å². The lowest BCUT2D eigenvalue weighted by atomic mass is 10.2. The van der Waals surface area contributed by atoms with Crippen molar-refractivity contribution in [3.63, 3.8) is 0 Å². The van der Waals surface area contributed by atoms with Crippen LogP contribution in [0.3, 0.4) is 0 Å². The van der Waals surface area contributed by atoms with Gasteiger partial charge in [-0.3, -0.25) is 4.79 Å². The number of hydrogen-bond donors (Lipinski definition) is 1. The normalized spacial score (nSPS) is 14.0. The third kappa shape index (κ3) is 6.15. The van der Waals surface area contributed by atoms with Crippen LogP contribution in [0.1, 0.15) is 11.1 Å². The summed E-state index contributed by atoms with van der Waals surface area (Å²) in [6, 6.07) is 20.2. The predicted octanol–water partition coefficient (Wildman–Crippen LogP) is 4.64. The van der Waals surface area contributed by atoms with Crippen molar-refractivity contribution in [2.75, 3.05) is 36.8 Å². The number of hydrogen-bond acceptors (Lipinski definition) is 7. The van der Waals surface area contributed by atoms with Crippen molar-refractivity contribution in [2.24, 2.45) is 0 Å². The van der Waals surface area contributed by atoms with Gasteiger partial charge in [-0.25, -0.2) is 13.1 Å². The molecule has 0 aliphatic carbocycles. The lowest BCUT2D eigenvalue weighted by molar-refractivity contribution is 0.298. The molecule has 1 aromatic heterocycles. The summed E-state index contributed by atoms with van der Waals surface area (Å²) in [7, 11) is 0. The Morgan fingerprint density at radius 1 is 0.895 bits per heavy atom. The SMILES string of the molecule is Nc1ccc(CSN2CCN(c3cnn(-c4cc(F)cc(F)c4)c(=O)c3OCc3ccccc3)CC2)cc1. The number of piperazine rings is 1. The number of halogens is 2. The van der Waals surface area contributed by atoms with E-state index in [9.17, 15) is 13.6 Å². The van der Waals surface area contributed by atoms with Crippen molar-refractivity contribution in [3.05, 3.63) is 112 Å². The molecule has 3 aromatic carbocycles. The topological polar surface area (TPSA) is 76.6 Å². The average molecular weight is 536 g/mol. The first-order valence-electron chi connectivity index (χ1n) is 12.2. The smallest absolute Gasteiger partial charge is 0.316 e. The van der Waals surface area contributed by atoms with Gasteiger partial charge in [-0.1, -0.05) is 54.4 Å². The van der Waals surface area contributed by atoms with E-state index in [1.165, 1.54) is 11.8 Å². The van der Waals surface area contributed by atoms with Crippen molar-refractivity contribution >= 4 is 23.3 Å². The van der Waals surface area contributed by atoms with Gasteiger partial charge in [0.05, 0.1) is 11.9 Å². The molecule has 1 saturated heterocycles. The van der Waals surface area contributed by atoms with Gasteiger partial charge in [0.2, 0.25) is 5.75 Å². The minimum absolute atomic E-state index is 0.00695. The lowest BCUT2D eigenvalue weighted by Gasteiger charge is -2.35. The van der Waals surface area contributed by atoms with Gasteiger partial charge in [0.25, 0.3) is 0 Å². The second-order valence-electron chi connectivity index (χ2n) is 8.91. The number of nitrogens with zero attached hydrogens (tertiary/aromatic N) is 4. The van der Waals surface area contributed by atoms with Crippen molar-refractivity contribution in [2.45, 2.75) is 12.4 Å². The highest BCUT2D eigenvalue weighted by Crippen LogP contribution is 2.28. The maximum Gasteiger partial charge on any atom is 0.316 e. The van der Waals surface area contributed by atoms with E-state index in [2.05, 4.69) is 14.3 Å². The van der Waals surface area contributed by atoms with Gasteiger partial charge in [-0.2, -0.15) is 9.78 Å². The zero-order valence-corrected chi connectivity index (χ0v) is 21.4. The molecule has 38 heavy (non-hydrogen) atoms. The van der Waals surface area contributed by atoms with Crippen LogP contribution in [0.4, 0.5) is 20.2 Å². The van der Waals surface area contributed by atoms with E-state index in [-0.39, 0.29) is 18.0 Å². The largest absolute Gasteiger partial charge is 0.481 e. The summed E-state index contributed by atoms with van der Waals surface area (Å²) in [4.78, 5) is 15.6. The van der Waals surface area contributed by atoms with E-state index in [4.69, 9.17) is 10.5 Å². The van der Waals surface area contributed by atoms with Crippen LogP contribution in [0.15, 0.2) is 83.8 Å². The van der Waals surface area contributed by atoms with Gasteiger partial charge in [0, 0.05) is 43.7 Å². The highest BCUT2D eigenvalue weighted by atomic mass is 32.2. The second-order valence-corrected chi connectivity index (χ2v) is 9.97. The fourth-order valence-electron chi connectivity index (χ4n) is 4.20. The fraction of sp³-hybridized carbons (Fsp3) is 0.214. The number of nitrogen functional groups attached to an aromatic ring is 1. The zero-order valence-electron chi connectivity index (χ0n) is 20.6. The van der Waals surface area contributed by atoms with Crippen LogP contribution in [0, 0.1) is 11.6 Å². The standard InChI is InChI=1S/C28H27F2N5O2S/c29-22-14-23(30)16-25(15-22)35-28(36)27(37-18-20-4-2-1-3-5-20)26(17-32-35)33-10-12-34(13-11-33)38-19-21-6-8-24(31)9-7-21/h1-9,14-17H,10-13,18-19,31H2. The van der Waals surface area contributed by atoms with E-state index in [0.29, 0.717) is 18.8 Å². The Kier molecular flexibility index (Phi) is 7.90. The van der Waals surface area contributed by atoms with Gasteiger partial charge in [-0.15, -0.1) is 0 Å². The Labute approximate surface area is 223 Å². The van der Waals surface area contributed by atoms with Crippen molar-refractivity contribution in [1.29, 1.82) is 0 Å². The Morgan fingerprint density at radius 2 is 1.58 bits per heavy atom. The molecule has 2 heterocycles. The van der Waals surface area contributed by atoms with Crippen molar-refractivity contribution < 1.29 is 13.5 Å². The van der Waals surface area contributed by atoms with Crippen LogP contribution in [0.25, 0.3) is 5.69 Å². The molecule has 5 rings (SSSR count). The van der Waals surface area contributed by atoms with E-state index in [1.807, 2.05) is 54.6 Å². The molecular formula is C28H27F2N5O2S. The van der Waals surface area contributed by atoms with Gasteiger partial charge in [-0.05, 0) is 35.4 Å². The maximum atomic E-state index is 13.9. The molecule has 0 unspecified atom stereocenters. The number of aromatic nitrogens is 2. The molecule has 2 N–H and O–H groups in total. The fourth-order valence-corrected chi connectivity index (χ4v) is 5.15. The summed E-state index contributed by atoms with van der Waals surface area (Å²) in [6.45, 7) is 3.04. The molecule has 1 aliphatic rings. The number of nitrogens with two attached hydrogens (primary N) is 1. The Bertz CT molecular complexity index is 1420. The van der Waals surface area contributed by atoms with E-state index < -0.39 is 17.2 Å². The minimum atomic E-state index is -0.794. The molecule has 4 aromatic rings. The average Bonchev–Trinajstić information content (AvgIpc) is 2.92. The molecule has 196 valence electrons. The maximum absolute atomic E-state index is 13.9. The number of ether oxygens (including phenoxy) is 1. The second kappa shape index (κ2) is 11.7. The minimum Gasteiger partial charge on any atom is -0.481 e. The summed E-state index contributed by atoms with van der Waals surface area (Å²) in [6.07, 6.45) is 1.53. The molecule has 10 heteroatoms. The third-order valence-corrected chi connectivity index (χ3v) is 7.40. The van der Waals surface area contributed by atoms with Gasteiger partial charge in [0.15, 0.2) is 0 Å². The molecule has 0 amide bonds. The number of benzene rings is 3. The Hall–Kier alpha value is -3.89. The number of anilines is 2. The lowest BCUT2D eigenvalue weighted by Crippen LogP contribution is -2.44. The van der Waals surface area contributed by atoms with Gasteiger partial charge in [0.1, 0.15) is 23.9 Å². The Balaban J connectivity index is 1.35. The van der Waals surface area contributed by atoms with E-state index >= 15 is 0 Å². The molecule has 0 radical (unpaired) electrons. The molecule has 0 saturated carbocycles. The van der Waals surface area contributed by atoms with Crippen LogP contribution < -0.4 is 20.9 Å². The van der Waals surface area contributed by atoms with Crippen LogP contribution in [-0.2, 0) is 12.4 Å². The number of rotatable bonds is 8. The summed E-state index contributed by atoms with van der Waals surface area (Å²) < 4.78 is 37.1.